The number of fused-ring (bicyclic) bond motifs is 1. The molecule has 0 bridgehead atoms. The van der Waals surface area contributed by atoms with E-state index in [1.54, 1.807) is 0 Å². The van der Waals surface area contributed by atoms with Crippen LogP contribution in [-0.4, -0.2) is 29.3 Å². The average molecular weight is 453 g/mol. The predicted octanol–water partition coefficient (Wildman–Crippen LogP) is 6.89. The minimum absolute atomic E-state index is 0.00737. The van der Waals surface area contributed by atoms with Gasteiger partial charge < -0.3 is 10.2 Å². The van der Waals surface area contributed by atoms with Crippen molar-refractivity contribution in [2.24, 2.45) is 0 Å². The molecule has 1 aliphatic heterocycles. The molecular weight excluding hydrogens is 420 g/mol. The highest BCUT2D eigenvalue weighted by atomic mass is 16.3. The lowest BCUT2D eigenvalue weighted by molar-refractivity contribution is 0.102. The Morgan fingerprint density at radius 3 is 2.26 bits per heavy atom. The summed E-state index contributed by atoms with van der Waals surface area (Å²) in [6.45, 7) is 8.86. The van der Waals surface area contributed by atoms with Gasteiger partial charge in [0.15, 0.2) is 11.7 Å². The van der Waals surface area contributed by atoms with Crippen molar-refractivity contribution in [1.82, 2.24) is 4.90 Å². The third kappa shape index (κ3) is 4.26. The minimum Gasteiger partial charge on any atom is -0.441 e. The molecule has 174 valence electrons. The summed E-state index contributed by atoms with van der Waals surface area (Å²) in [6, 6.07) is 23.6. The number of carbonyl (C=O) groups excluding carboxylic acids is 1. The van der Waals surface area contributed by atoms with Crippen LogP contribution in [0.3, 0.4) is 0 Å². The summed E-state index contributed by atoms with van der Waals surface area (Å²) < 4.78 is 5.92. The molecule has 2 N–H and O–H groups in total. The lowest BCUT2D eigenvalue weighted by Gasteiger charge is -2.40. The number of nitrogens with two attached hydrogens (primary N) is 1. The van der Waals surface area contributed by atoms with E-state index in [4.69, 9.17) is 10.2 Å². The summed E-state index contributed by atoms with van der Waals surface area (Å²) in [4.78, 5) is 16.0. The van der Waals surface area contributed by atoms with Crippen molar-refractivity contribution in [2.75, 3.05) is 18.8 Å². The molecule has 5 rings (SSSR count). The Labute approximate surface area is 201 Å². The van der Waals surface area contributed by atoms with Gasteiger partial charge in [-0.1, -0.05) is 48.5 Å². The molecule has 0 unspecified atom stereocenters. The average Bonchev–Trinajstić information content (AvgIpc) is 3.18. The SMILES string of the molecule is CC(C)(C)N1CCC(c2c(N)oc3ccc(C(=O)c4cccc(-c5ccccc5)c4)cc23)CC1. The highest BCUT2D eigenvalue weighted by molar-refractivity contribution is 6.11. The summed E-state index contributed by atoms with van der Waals surface area (Å²) >= 11 is 0. The fourth-order valence-corrected chi connectivity index (χ4v) is 5.17. The van der Waals surface area contributed by atoms with E-state index >= 15 is 0 Å². The lowest BCUT2D eigenvalue weighted by atomic mass is 9.86. The largest absolute Gasteiger partial charge is 0.441 e. The Balaban J connectivity index is 1.45. The molecule has 0 radical (unpaired) electrons. The smallest absolute Gasteiger partial charge is 0.195 e. The molecule has 2 heterocycles. The molecule has 0 aliphatic carbocycles. The number of furan rings is 1. The van der Waals surface area contributed by atoms with Crippen LogP contribution in [0.25, 0.3) is 22.1 Å². The normalized spacial score (nSPS) is 15.6. The van der Waals surface area contributed by atoms with Gasteiger partial charge in [0.1, 0.15) is 5.58 Å². The summed E-state index contributed by atoms with van der Waals surface area (Å²) in [7, 11) is 0. The molecule has 0 saturated carbocycles. The van der Waals surface area contributed by atoms with E-state index < -0.39 is 0 Å². The molecule has 1 saturated heterocycles. The lowest BCUT2D eigenvalue weighted by Crippen LogP contribution is -2.45. The van der Waals surface area contributed by atoms with Crippen molar-refractivity contribution < 1.29 is 9.21 Å². The number of piperidine rings is 1. The van der Waals surface area contributed by atoms with Crippen LogP contribution in [0.5, 0.6) is 0 Å². The first-order valence-electron chi connectivity index (χ1n) is 12.1. The molecule has 4 nitrogen and oxygen atoms in total. The van der Waals surface area contributed by atoms with Crippen LogP contribution in [0.1, 0.15) is 61.0 Å². The van der Waals surface area contributed by atoms with Gasteiger partial charge in [0.25, 0.3) is 0 Å². The Hall–Kier alpha value is -3.37. The first kappa shape index (κ1) is 22.4. The number of anilines is 1. The second kappa shape index (κ2) is 8.77. The molecule has 34 heavy (non-hydrogen) atoms. The van der Waals surface area contributed by atoms with E-state index in [0.29, 0.717) is 22.9 Å². The van der Waals surface area contributed by atoms with Gasteiger partial charge in [-0.15, -0.1) is 0 Å². The van der Waals surface area contributed by atoms with Crippen LogP contribution >= 0.6 is 0 Å². The molecule has 0 spiro atoms. The Bertz CT molecular complexity index is 1320. The van der Waals surface area contributed by atoms with Crippen molar-refractivity contribution in [2.45, 2.75) is 45.1 Å². The van der Waals surface area contributed by atoms with Crippen molar-refractivity contribution in [1.29, 1.82) is 0 Å². The molecule has 4 heteroatoms. The fourth-order valence-electron chi connectivity index (χ4n) is 5.17. The third-order valence-corrected chi connectivity index (χ3v) is 7.10. The monoisotopic (exact) mass is 452 g/mol. The van der Waals surface area contributed by atoms with Gasteiger partial charge in [0.05, 0.1) is 0 Å². The summed E-state index contributed by atoms with van der Waals surface area (Å²) in [5.74, 6) is 0.833. The first-order chi connectivity index (χ1) is 16.3. The van der Waals surface area contributed by atoms with Gasteiger partial charge in [-0.25, -0.2) is 0 Å². The zero-order valence-corrected chi connectivity index (χ0v) is 20.2. The maximum atomic E-state index is 13.5. The quantitative estimate of drug-likeness (QED) is 0.343. The molecular formula is C30H32N2O2. The molecule has 0 atom stereocenters. The van der Waals surface area contributed by atoms with Crippen LogP contribution in [0.2, 0.25) is 0 Å². The van der Waals surface area contributed by atoms with Crippen molar-refractivity contribution in [3.05, 3.63) is 89.5 Å². The number of rotatable bonds is 4. The van der Waals surface area contributed by atoms with E-state index in [0.717, 1.165) is 53.6 Å². The standard InChI is InChI=1S/C30H32N2O2/c1-30(2,3)32-16-14-21(15-17-32)27-25-19-24(12-13-26(25)34-29(27)31)28(33)23-11-7-10-22(18-23)20-8-5-4-6-9-20/h4-13,18-19,21H,14-17,31H2,1-3H3. The van der Waals surface area contributed by atoms with Crippen LogP contribution in [0.15, 0.2) is 77.2 Å². The number of likely N-dealkylation sites (tertiary alicyclic amines) is 1. The highest BCUT2D eigenvalue weighted by Gasteiger charge is 2.30. The Morgan fingerprint density at radius 1 is 0.882 bits per heavy atom. The van der Waals surface area contributed by atoms with Crippen LogP contribution in [-0.2, 0) is 0 Å². The number of carbonyl (C=O) groups is 1. The van der Waals surface area contributed by atoms with Crippen molar-refractivity contribution in [3.8, 4) is 11.1 Å². The Kier molecular flexibility index (Phi) is 5.78. The molecule has 0 amide bonds. The number of hydrogen-bond acceptors (Lipinski definition) is 4. The minimum atomic E-state index is 0.00737. The first-order valence-corrected chi connectivity index (χ1v) is 12.1. The van der Waals surface area contributed by atoms with E-state index in [2.05, 4.69) is 37.8 Å². The van der Waals surface area contributed by atoms with Gasteiger partial charge in [0, 0.05) is 27.6 Å². The number of nitrogen functional groups attached to an aromatic ring is 1. The number of hydrogen-bond donors (Lipinski definition) is 1. The molecule has 1 fully saturated rings. The fraction of sp³-hybridized carbons (Fsp3) is 0.300. The number of benzene rings is 3. The second-order valence-corrected chi connectivity index (χ2v) is 10.3. The van der Waals surface area contributed by atoms with E-state index in [-0.39, 0.29) is 11.3 Å². The molecule has 1 aromatic heterocycles. The summed E-state index contributed by atoms with van der Waals surface area (Å²) in [5.41, 5.74) is 11.8. The zero-order valence-electron chi connectivity index (χ0n) is 20.2. The van der Waals surface area contributed by atoms with Crippen LogP contribution in [0.4, 0.5) is 5.88 Å². The second-order valence-electron chi connectivity index (χ2n) is 10.3. The maximum Gasteiger partial charge on any atom is 0.195 e. The van der Waals surface area contributed by atoms with Gasteiger partial charge in [-0.2, -0.15) is 0 Å². The topological polar surface area (TPSA) is 59.5 Å². The molecule has 4 aromatic rings. The summed E-state index contributed by atoms with van der Waals surface area (Å²) in [6.07, 6.45) is 2.07. The van der Waals surface area contributed by atoms with Gasteiger partial charge in [0.2, 0.25) is 0 Å². The van der Waals surface area contributed by atoms with Crippen LogP contribution in [0, 0.1) is 0 Å². The van der Waals surface area contributed by atoms with Gasteiger partial charge in [-0.3, -0.25) is 9.69 Å². The van der Waals surface area contributed by atoms with E-state index in [9.17, 15) is 4.79 Å². The third-order valence-electron chi connectivity index (χ3n) is 7.10. The van der Waals surface area contributed by atoms with E-state index in [1.165, 1.54) is 0 Å². The highest BCUT2D eigenvalue weighted by Crippen LogP contribution is 2.40. The number of ketones is 1. The zero-order chi connectivity index (χ0) is 23.9. The predicted molar refractivity (Wildman–Crippen MR) is 139 cm³/mol. The van der Waals surface area contributed by atoms with Gasteiger partial charge >= 0.3 is 0 Å². The van der Waals surface area contributed by atoms with Crippen molar-refractivity contribution in [3.63, 3.8) is 0 Å². The van der Waals surface area contributed by atoms with Crippen LogP contribution < -0.4 is 5.73 Å². The van der Waals surface area contributed by atoms with Crippen molar-refractivity contribution >= 4 is 22.6 Å². The molecule has 3 aromatic carbocycles. The summed E-state index contributed by atoms with van der Waals surface area (Å²) in [5, 5.41) is 0.969. The van der Waals surface area contributed by atoms with Gasteiger partial charge in [-0.05, 0) is 88.0 Å². The maximum absolute atomic E-state index is 13.5. The number of nitrogens with zero attached hydrogens (tertiary/aromatic N) is 1. The molecule has 1 aliphatic rings. The Morgan fingerprint density at radius 2 is 1.56 bits per heavy atom. The van der Waals surface area contributed by atoms with E-state index in [1.807, 2.05) is 60.7 Å².